The Bertz CT molecular complexity index is 1370. The van der Waals surface area contributed by atoms with Crippen LogP contribution < -0.4 is 16.4 Å². The average Bonchev–Trinajstić information content (AvgIpc) is 3.44. The summed E-state index contributed by atoms with van der Waals surface area (Å²) in [5, 5.41) is 26.3. The van der Waals surface area contributed by atoms with E-state index in [0.717, 1.165) is 12.8 Å². The first-order chi connectivity index (χ1) is 17.7. The SMILES string of the molecule is C[C@]1(C(N)=O)CC[C@H](n2c(Nc3c(Cl)cc(C#N)cc3Cl)nc3cnc(N[C@H]4CC[C@H](O)C4)nc32)CC1. The van der Waals surface area contributed by atoms with E-state index >= 15 is 0 Å². The number of rotatable bonds is 6. The van der Waals surface area contributed by atoms with Crippen LogP contribution in [0.15, 0.2) is 18.3 Å². The molecule has 2 fully saturated rings. The number of aromatic nitrogens is 4. The molecule has 0 radical (unpaired) electrons. The van der Waals surface area contributed by atoms with Crippen LogP contribution in [0, 0.1) is 16.7 Å². The summed E-state index contributed by atoms with van der Waals surface area (Å²) in [5.74, 6) is 0.661. The highest BCUT2D eigenvalue weighted by molar-refractivity contribution is 6.39. The Balaban J connectivity index is 1.54. The van der Waals surface area contributed by atoms with Gasteiger partial charge in [-0.1, -0.05) is 30.1 Å². The minimum Gasteiger partial charge on any atom is -0.393 e. The molecule has 194 valence electrons. The van der Waals surface area contributed by atoms with Crippen LogP contribution in [-0.4, -0.2) is 42.7 Å². The van der Waals surface area contributed by atoms with Gasteiger partial charge in [-0.25, -0.2) is 9.97 Å². The van der Waals surface area contributed by atoms with Crippen molar-refractivity contribution >= 4 is 57.9 Å². The van der Waals surface area contributed by atoms with Crippen LogP contribution in [0.1, 0.15) is 63.5 Å². The van der Waals surface area contributed by atoms with Gasteiger partial charge in [0.1, 0.15) is 5.52 Å². The smallest absolute Gasteiger partial charge is 0.224 e. The molecule has 0 spiro atoms. The quantitative estimate of drug-likeness (QED) is 0.349. The van der Waals surface area contributed by atoms with Crippen LogP contribution in [0.2, 0.25) is 10.0 Å². The van der Waals surface area contributed by atoms with E-state index in [9.17, 15) is 15.2 Å². The van der Waals surface area contributed by atoms with Crippen LogP contribution in [0.4, 0.5) is 17.6 Å². The number of nitrogens with one attached hydrogen (secondary N) is 2. The van der Waals surface area contributed by atoms with Gasteiger partial charge in [-0.05, 0) is 57.1 Å². The number of amides is 1. The largest absolute Gasteiger partial charge is 0.393 e. The Morgan fingerprint density at radius 1 is 1.22 bits per heavy atom. The number of nitrogens with zero attached hydrogens (tertiary/aromatic N) is 5. The molecule has 2 saturated carbocycles. The molecule has 3 aromatic rings. The molecule has 37 heavy (non-hydrogen) atoms. The van der Waals surface area contributed by atoms with Crippen LogP contribution in [0.5, 0.6) is 0 Å². The Kier molecular flexibility index (Phi) is 6.88. The average molecular weight is 543 g/mol. The van der Waals surface area contributed by atoms with E-state index < -0.39 is 5.41 Å². The number of anilines is 3. The molecule has 1 amide bonds. The van der Waals surface area contributed by atoms with Gasteiger partial charge < -0.3 is 21.5 Å². The number of carbonyl (C=O) groups is 1. The van der Waals surface area contributed by atoms with Crippen molar-refractivity contribution in [2.24, 2.45) is 11.1 Å². The van der Waals surface area contributed by atoms with Crippen molar-refractivity contribution in [3.63, 3.8) is 0 Å². The number of hydrogen-bond acceptors (Lipinski definition) is 8. The highest BCUT2D eigenvalue weighted by Gasteiger charge is 2.38. The van der Waals surface area contributed by atoms with Gasteiger partial charge in [-0.15, -0.1) is 0 Å². The Morgan fingerprint density at radius 2 is 1.92 bits per heavy atom. The van der Waals surface area contributed by atoms with Crippen molar-refractivity contribution in [3.8, 4) is 6.07 Å². The third-order valence-electron chi connectivity index (χ3n) is 7.60. The number of aliphatic hydroxyl groups excluding tert-OH is 1. The molecule has 12 heteroatoms. The molecule has 2 aliphatic carbocycles. The maximum atomic E-state index is 12.0. The van der Waals surface area contributed by atoms with Gasteiger partial charge in [0.2, 0.25) is 17.8 Å². The van der Waals surface area contributed by atoms with Crippen molar-refractivity contribution < 1.29 is 9.90 Å². The molecule has 5 N–H and O–H groups in total. The molecular formula is C25H28Cl2N8O2. The lowest BCUT2D eigenvalue weighted by atomic mass is 9.73. The van der Waals surface area contributed by atoms with Crippen molar-refractivity contribution in [2.75, 3.05) is 10.6 Å². The van der Waals surface area contributed by atoms with Gasteiger partial charge in [-0.2, -0.15) is 10.2 Å². The molecule has 5 rings (SSSR count). The normalized spacial score (nSPS) is 25.6. The van der Waals surface area contributed by atoms with Crippen molar-refractivity contribution in [2.45, 2.75) is 70.1 Å². The number of carbonyl (C=O) groups excluding carboxylic acids is 1. The first-order valence-corrected chi connectivity index (χ1v) is 13.1. The topological polar surface area (TPSA) is 155 Å². The van der Waals surface area contributed by atoms with E-state index in [1.165, 1.54) is 0 Å². The van der Waals surface area contributed by atoms with Crippen molar-refractivity contribution in [1.82, 2.24) is 19.5 Å². The van der Waals surface area contributed by atoms with Crippen molar-refractivity contribution in [3.05, 3.63) is 33.9 Å². The lowest BCUT2D eigenvalue weighted by Gasteiger charge is -2.35. The molecule has 0 unspecified atom stereocenters. The number of fused-ring (bicyclic) bond motifs is 1. The molecular weight excluding hydrogens is 515 g/mol. The summed E-state index contributed by atoms with van der Waals surface area (Å²) >= 11 is 12.9. The number of imidazole rings is 1. The highest BCUT2D eigenvalue weighted by Crippen LogP contribution is 2.43. The molecule has 2 aliphatic rings. The maximum absolute atomic E-state index is 12.0. The van der Waals surface area contributed by atoms with E-state index in [0.29, 0.717) is 76.5 Å². The van der Waals surface area contributed by atoms with Gasteiger partial charge in [0.15, 0.2) is 5.65 Å². The Morgan fingerprint density at radius 3 is 2.51 bits per heavy atom. The van der Waals surface area contributed by atoms with Gasteiger partial charge in [0, 0.05) is 17.5 Å². The van der Waals surface area contributed by atoms with E-state index in [1.807, 2.05) is 17.6 Å². The van der Waals surface area contributed by atoms with E-state index in [-0.39, 0.29) is 24.1 Å². The summed E-state index contributed by atoms with van der Waals surface area (Å²) in [7, 11) is 0. The fraction of sp³-hybridized carbons (Fsp3) is 0.480. The summed E-state index contributed by atoms with van der Waals surface area (Å²) in [5.41, 5.74) is 7.14. The zero-order chi connectivity index (χ0) is 26.3. The van der Waals surface area contributed by atoms with E-state index in [4.69, 9.17) is 38.9 Å². The van der Waals surface area contributed by atoms with Crippen LogP contribution in [0.3, 0.4) is 0 Å². The van der Waals surface area contributed by atoms with Crippen LogP contribution in [0.25, 0.3) is 11.2 Å². The maximum Gasteiger partial charge on any atom is 0.224 e. The van der Waals surface area contributed by atoms with Crippen LogP contribution in [-0.2, 0) is 4.79 Å². The zero-order valence-electron chi connectivity index (χ0n) is 20.3. The summed E-state index contributed by atoms with van der Waals surface area (Å²) < 4.78 is 2.01. The van der Waals surface area contributed by atoms with Gasteiger partial charge in [-0.3, -0.25) is 9.36 Å². The molecule has 2 aromatic heterocycles. The van der Waals surface area contributed by atoms with E-state index in [2.05, 4.69) is 15.6 Å². The summed E-state index contributed by atoms with van der Waals surface area (Å²) in [6.45, 7) is 1.91. The number of hydrogen-bond donors (Lipinski definition) is 4. The van der Waals surface area contributed by atoms with Gasteiger partial charge in [0.25, 0.3) is 0 Å². The Labute approximate surface area is 224 Å². The molecule has 2 heterocycles. The number of halogens is 2. The zero-order valence-corrected chi connectivity index (χ0v) is 21.9. The second kappa shape index (κ2) is 9.97. The number of aliphatic hydroxyl groups is 1. The third kappa shape index (κ3) is 5.04. The molecule has 10 nitrogen and oxygen atoms in total. The standard InChI is InChI=1S/C25H28Cl2N8O2/c1-25(22(29)37)6-4-15(5-7-25)35-21-19(12-30-23(34-21)31-14-2-3-16(36)10-14)32-24(35)33-20-17(26)8-13(11-28)9-18(20)27/h8-9,12,14-16,36H,2-7,10H2,1H3,(H2,29,37)(H,32,33)(H,30,31,34)/t14-,15-,16-,25-/m0/s1. The van der Waals surface area contributed by atoms with Crippen LogP contribution >= 0.6 is 23.2 Å². The predicted octanol–water partition coefficient (Wildman–Crippen LogP) is 4.68. The number of primary amides is 1. The molecule has 0 bridgehead atoms. The minimum atomic E-state index is -0.550. The first kappa shape index (κ1) is 25.5. The van der Waals surface area contributed by atoms with Gasteiger partial charge in [0.05, 0.1) is 39.7 Å². The first-order valence-electron chi connectivity index (χ1n) is 12.3. The molecule has 0 aliphatic heterocycles. The fourth-order valence-electron chi connectivity index (χ4n) is 5.28. The summed E-state index contributed by atoms with van der Waals surface area (Å²) in [6, 6.07) is 5.22. The van der Waals surface area contributed by atoms with Gasteiger partial charge >= 0.3 is 0 Å². The summed E-state index contributed by atoms with van der Waals surface area (Å²) in [6.07, 6.45) is 6.28. The molecule has 1 aromatic carbocycles. The van der Waals surface area contributed by atoms with E-state index in [1.54, 1.807) is 18.3 Å². The molecule has 0 saturated heterocycles. The highest BCUT2D eigenvalue weighted by atomic mass is 35.5. The number of benzene rings is 1. The second-order valence-corrected chi connectivity index (χ2v) is 11.0. The van der Waals surface area contributed by atoms with Crippen molar-refractivity contribution in [1.29, 1.82) is 5.26 Å². The Hall–Kier alpha value is -3.13. The lowest BCUT2D eigenvalue weighted by Crippen LogP contribution is -2.38. The fourth-order valence-corrected chi connectivity index (χ4v) is 5.86. The predicted molar refractivity (Wildman–Crippen MR) is 142 cm³/mol. The monoisotopic (exact) mass is 542 g/mol. The number of nitrogens with two attached hydrogens (primary N) is 1. The molecule has 2 atom stereocenters. The summed E-state index contributed by atoms with van der Waals surface area (Å²) in [4.78, 5) is 26.0. The third-order valence-corrected chi connectivity index (χ3v) is 8.19. The second-order valence-electron chi connectivity index (χ2n) is 10.2. The minimum absolute atomic E-state index is 0.00749. The lowest BCUT2D eigenvalue weighted by molar-refractivity contribution is -0.128. The number of nitriles is 1.